The molecule has 29 heavy (non-hydrogen) atoms. The van der Waals surface area contributed by atoms with Crippen LogP contribution in [0.5, 0.6) is 5.75 Å². The Labute approximate surface area is 167 Å². The number of esters is 1. The van der Waals surface area contributed by atoms with Crippen LogP contribution in [0, 0.1) is 13.8 Å². The molecule has 0 unspecified atom stereocenters. The van der Waals surface area contributed by atoms with Gasteiger partial charge < -0.3 is 20.5 Å². The van der Waals surface area contributed by atoms with E-state index in [1.165, 1.54) is 19.2 Å². The minimum atomic E-state index is -0.692. The third-order valence-electron chi connectivity index (χ3n) is 4.08. The third kappa shape index (κ3) is 4.67. The van der Waals surface area contributed by atoms with Crippen LogP contribution in [0.2, 0.25) is 0 Å². The van der Waals surface area contributed by atoms with E-state index in [1.807, 2.05) is 19.9 Å². The zero-order chi connectivity index (χ0) is 21.0. The zero-order valence-electron chi connectivity index (χ0n) is 16.2. The second kappa shape index (κ2) is 8.39. The Morgan fingerprint density at radius 2 is 1.66 bits per heavy atom. The molecule has 0 aliphatic heterocycles. The Morgan fingerprint density at radius 1 is 1.00 bits per heavy atom. The summed E-state index contributed by atoms with van der Waals surface area (Å²) in [4.78, 5) is 32.8. The summed E-state index contributed by atoms with van der Waals surface area (Å²) in [7, 11) is 1.21. The average molecular weight is 392 g/mol. The number of methoxy groups -OCH3 is 1. The molecule has 0 saturated carbocycles. The SMILES string of the molecule is COC(=O)c1cccc(NC(=O)c2ccc(Nc3nc(C)cc(C)n3)cc2)c1O. The number of hydrogen-bond donors (Lipinski definition) is 3. The van der Waals surface area contributed by atoms with Crippen LogP contribution >= 0.6 is 0 Å². The van der Waals surface area contributed by atoms with E-state index in [2.05, 4.69) is 25.3 Å². The molecule has 0 saturated heterocycles. The molecule has 1 amide bonds. The topological polar surface area (TPSA) is 113 Å². The van der Waals surface area contributed by atoms with Gasteiger partial charge in [-0.2, -0.15) is 0 Å². The second-order valence-electron chi connectivity index (χ2n) is 6.32. The van der Waals surface area contributed by atoms with Crippen LogP contribution in [0.15, 0.2) is 48.5 Å². The molecule has 0 aliphatic rings. The molecule has 0 atom stereocenters. The summed E-state index contributed by atoms with van der Waals surface area (Å²) in [6.45, 7) is 3.77. The van der Waals surface area contributed by atoms with Gasteiger partial charge in [-0.15, -0.1) is 0 Å². The third-order valence-corrected chi connectivity index (χ3v) is 4.08. The Morgan fingerprint density at radius 3 is 2.28 bits per heavy atom. The van der Waals surface area contributed by atoms with Crippen molar-refractivity contribution in [2.24, 2.45) is 0 Å². The van der Waals surface area contributed by atoms with Gasteiger partial charge in [-0.25, -0.2) is 14.8 Å². The molecule has 0 radical (unpaired) electrons. The lowest BCUT2D eigenvalue weighted by molar-refractivity contribution is 0.0597. The quantitative estimate of drug-likeness (QED) is 0.449. The predicted octanol–water partition coefficient (Wildman–Crippen LogP) is 3.58. The summed E-state index contributed by atoms with van der Waals surface area (Å²) in [5.41, 5.74) is 2.89. The number of phenolic OH excluding ortho intramolecular Hbond substituents is 1. The molecule has 0 bridgehead atoms. The van der Waals surface area contributed by atoms with Crippen LogP contribution in [0.25, 0.3) is 0 Å². The van der Waals surface area contributed by atoms with Crippen molar-refractivity contribution in [2.75, 3.05) is 17.7 Å². The number of rotatable bonds is 5. The van der Waals surface area contributed by atoms with Gasteiger partial charge in [0.2, 0.25) is 5.95 Å². The number of aryl methyl sites for hydroxylation is 2. The Bertz CT molecular complexity index is 1040. The lowest BCUT2D eigenvalue weighted by Crippen LogP contribution is -2.13. The predicted molar refractivity (Wildman–Crippen MR) is 109 cm³/mol. The van der Waals surface area contributed by atoms with E-state index in [9.17, 15) is 14.7 Å². The number of nitrogens with one attached hydrogen (secondary N) is 2. The first kappa shape index (κ1) is 19.8. The fourth-order valence-corrected chi connectivity index (χ4v) is 2.73. The molecular formula is C21H20N4O4. The fourth-order valence-electron chi connectivity index (χ4n) is 2.73. The number of ether oxygens (including phenoxy) is 1. The van der Waals surface area contributed by atoms with E-state index in [4.69, 9.17) is 0 Å². The summed E-state index contributed by atoms with van der Waals surface area (Å²) in [6, 6.07) is 13.0. The molecule has 2 aromatic carbocycles. The highest BCUT2D eigenvalue weighted by Gasteiger charge is 2.16. The van der Waals surface area contributed by atoms with E-state index >= 15 is 0 Å². The molecule has 1 heterocycles. The molecule has 0 spiro atoms. The van der Waals surface area contributed by atoms with Gasteiger partial charge in [-0.3, -0.25) is 4.79 Å². The van der Waals surface area contributed by atoms with Crippen molar-refractivity contribution in [3.05, 3.63) is 71.0 Å². The number of hydrogen-bond acceptors (Lipinski definition) is 7. The normalized spacial score (nSPS) is 10.3. The Kier molecular flexibility index (Phi) is 5.73. The maximum absolute atomic E-state index is 12.5. The van der Waals surface area contributed by atoms with Gasteiger partial charge in [0, 0.05) is 22.6 Å². The van der Waals surface area contributed by atoms with Crippen molar-refractivity contribution in [2.45, 2.75) is 13.8 Å². The zero-order valence-corrected chi connectivity index (χ0v) is 16.2. The number of benzene rings is 2. The Balaban J connectivity index is 1.73. The maximum Gasteiger partial charge on any atom is 0.341 e. The molecule has 148 valence electrons. The summed E-state index contributed by atoms with van der Waals surface area (Å²) >= 11 is 0. The van der Waals surface area contributed by atoms with E-state index in [-0.39, 0.29) is 17.0 Å². The maximum atomic E-state index is 12.5. The van der Waals surface area contributed by atoms with E-state index in [1.54, 1.807) is 30.3 Å². The molecule has 1 aromatic heterocycles. The summed E-state index contributed by atoms with van der Waals surface area (Å²) in [5, 5.41) is 15.9. The van der Waals surface area contributed by atoms with E-state index in [0.717, 1.165) is 17.1 Å². The van der Waals surface area contributed by atoms with Gasteiger partial charge in [-0.05, 0) is 56.3 Å². The number of anilines is 3. The second-order valence-corrected chi connectivity index (χ2v) is 6.32. The smallest absolute Gasteiger partial charge is 0.341 e. The van der Waals surface area contributed by atoms with Crippen LogP contribution in [0.3, 0.4) is 0 Å². The van der Waals surface area contributed by atoms with Crippen LogP contribution in [0.4, 0.5) is 17.3 Å². The summed E-state index contributed by atoms with van der Waals surface area (Å²) in [5.74, 6) is -0.999. The van der Waals surface area contributed by atoms with Gasteiger partial charge in [-0.1, -0.05) is 6.07 Å². The van der Waals surface area contributed by atoms with Crippen molar-refractivity contribution in [3.63, 3.8) is 0 Å². The molecule has 3 aromatic rings. The van der Waals surface area contributed by atoms with Gasteiger partial charge in [0.25, 0.3) is 5.91 Å². The fraction of sp³-hybridized carbons (Fsp3) is 0.143. The first-order valence-corrected chi connectivity index (χ1v) is 8.78. The van der Waals surface area contributed by atoms with Gasteiger partial charge >= 0.3 is 5.97 Å². The molecular weight excluding hydrogens is 372 g/mol. The van der Waals surface area contributed by atoms with Crippen LogP contribution in [-0.4, -0.2) is 34.1 Å². The number of phenols is 1. The van der Waals surface area contributed by atoms with Gasteiger partial charge in [0.15, 0.2) is 5.75 Å². The number of amides is 1. The number of carbonyl (C=O) groups is 2. The highest BCUT2D eigenvalue weighted by Crippen LogP contribution is 2.28. The standard InChI is InChI=1S/C21H20N4O4/c1-12-11-13(2)23-21(22-12)24-15-9-7-14(8-10-15)19(27)25-17-6-4-5-16(18(17)26)20(28)29-3/h4-11,26H,1-3H3,(H,25,27)(H,22,23,24). The molecule has 8 nitrogen and oxygen atoms in total. The number of nitrogens with zero attached hydrogens (tertiary/aromatic N) is 2. The van der Waals surface area contributed by atoms with Crippen molar-refractivity contribution in [1.29, 1.82) is 0 Å². The molecule has 8 heteroatoms. The average Bonchev–Trinajstić information content (AvgIpc) is 2.68. The van der Waals surface area contributed by atoms with Crippen molar-refractivity contribution >= 4 is 29.2 Å². The lowest BCUT2D eigenvalue weighted by Gasteiger charge is -2.11. The first-order valence-electron chi connectivity index (χ1n) is 8.78. The molecule has 0 fully saturated rings. The van der Waals surface area contributed by atoms with Crippen molar-refractivity contribution < 1.29 is 19.4 Å². The van der Waals surface area contributed by atoms with Crippen LogP contribution in [-0.2, 0) is 4.74 Å². The van der Waals surface area contributed by atoms with Crippen molar-refractivity contribution in [3.8, 4) is 5.75 Å². The molecule has 3 rings (SSSR count). The van der Waals surface area contributed by atoms with Crippen LogP contribution < -0.4 is 10.6 Å². The first-order chi connectivity index (χ1) is 13.9. The highest BCUT2D eigenvalue weighted by molar-refractivity contribution is 6.06. The summed E-state index contributed by atoms with van der Waals surface area (Å²) < 4.78 is 4.61. The van der Waals surface area contributed by atoms with E-state index < -0.39 is 11.9 Å². The number of carbonyl (C=O) groups excluding carboxylic acids is 2. The van der Waals surface area contributed by atoms with Gasteiger partial charge in [0.05, 0.1) is 12.8 Å². The highest BCUT2D eigenvalue weighted by atomic mass is 16.5. The van der Waals surface area contributed by atoms with Crippen molar-refractivity contribution in [1.82, 2.24) is 9.97 Å². The lowest BCUT2D eigenvalue weighted by atomic mass is 10.1. The van der Waals surface area contributed by atoms with Gasteiger partial charge in [0.1, 0.15) is 5.56 Å². The number of aromatic nitrogens is 2. The minimum absolute atomic E-state index is 0.0294. The largest absolute Gasteiger partial charge is 0.505 e. The molecule has 3 N–H and O–H groups in total. The minimum Gasteiger partial charge on any atom is -0.505 e. The summed E-state index contributed by atoms with van der Waals surface area (Å²) in [6.07, 6.45) is 0. The van der Waals surface area contributed by atoms with Crippen LogP contribution in [0.1, 0.15) is 32.1 Å². The number of para-hydroxylation sites is 1. The molecule has 0 aliphatic carbocycles. The van der Waals surface area contributed by atoms with E-state index in [0.29, 0.717) is 11.5 Å². The monoisotopic (exact) mass is 392 g/mol. The number of aromatic hydroxyl groups is 1. The Hall–Kier alpha value is -3.94.